The van der Waals surface area contributed by atoms with Crippen LogP contribution in [0.1, 0.15) is 5.56 Å². The van der Waals surface area contributed by atoms with Crippen LogP contribution in [0.2, 0.25) is 5.02 Å². The van der Waals surface area contributed by atoms with Crippen LogP contribution in [0.15, 0.2) is 23.1 Å². The van der Waals surface area contributed by atoms with E-state index in [1.807, 2.05) is 0 Å². The van der Waals surface area contributed by atoms with Crippen LogP contribution < -0.4 is 0 Å². The van der Waals surface area contributed by atoms with Crippen molar-refractivity contribution in [1.82, 2.24) is 0 Å². The van der Waals surface area contributed by atoms with Gasteiger partial charge in [0.15, 0.2) is 0 Å². The third kappa shape index (κ3) is 2.99. The van der Waals surface area contributed by atoms with E-state index in [0.717, 1.165) is 6.07 Å². The van der Waals surface area contributed by atoms with E-state index in [2.05, 4.69) is 0 Å². The van der Waals surface area contributed by atoms with Crippen LogP contribution >= 0.6 is 23.4 Å². The first-order valence-corrected chi connectivity index (χ1v) is 6.84. The lowest BCUT2D eigenvalue weighted by Gasteiger charge is -2.36. The molecule has 0 bridgehead atoms. The Balaban J connectivity index is 3.73. The number of rotatable bonds is 3. The summed E-state index contributed by atoms with van der Waals surface area (Å²) in [5.41, 5.74) is -7.88. The molecule has 0 aromatic heterocycles. The SMILES string of the molecule is CSc1cc(Cl)cc(C(F)(C(F)(F)F)C(F)(F)C(F)(F)F)c1. The van der Waals surface area contributed by atoms with Crippen molar-refractivity contribution in [1.29, 1.82) is 0 Å². The van der Waals surface area contributed by atoms with Gasteiger partial charge in [-0.15, -0.1) is 11.8 Å². The van der Waals surface area contributed by atoms with E-state index in [-0.39, 0.29) is 17.0 Å². The van der Waals surface area contributed by atoms with E-state index >= 15 is 0 Å². The van der Waals surface area contributed by atoms with Gasteiger partial charge in [-0.05, 0) is 24.5 Å². The Kier molecular flexibility index (Phi) is 4.99. The molecule has 1 atom stereocenters. The summed E-state index contributed by atoms with van der Waals surface area (Å²) < 4.78 is 116. The Morgan fingerprint density at radius 1 is 0.818 bits per heavy atom. The van der Waals surface area contributed by atoms with E-state index < -0.39 is 34.5 Å². The highest BCUT2D eigenvalue weighted by Crippen LogP contribution is 2.58. The van der Waals surface area contributed by atoms with E-state index in [9.17, 15) is 39.5 Å². The Morgan fingerprint density at radius 2 is 1.32 bits per heavy atom. The van der Waals surface area contributed by atoms with E-state index in [0.29, 0.717) is 11.8 Å². The molecule has 0 aliphatic carbocycles. The molecule has 1 unspecified atom stereocenters. The van der Waals surface area contributed by atoms with Gasteiger partial charge in [-0.1, -0.05) is 11.6 Å². The Labute approximate surface area is 127 Å². The zero-order valence-electron chi connectivity index (χ0n) is 10.4. The van der Waals surface area contributed by atoms with Crippen molar-refractivity contribution in [3.63, 3.8) is 0 Å². The average Bonchev–Trinajstić information content (AvgIpc) is 2.33. The number of alkyl halides is 9. The second-order valence-electron chi connectivity index (χ2n) is 4.11. The van der Waals surface area contributed by atoms with Crippen molar-refractivity contribution >= 4 is 23.4 Å². The molecule has 0 nitrogen and oxygen atoms in total. The quantitative estimate of drug-likeness (QED) is 0.461. The summed E-state index contributed by atoms with van der Waals surface area (Å²) in [6, 6.07) is 1.34. The van der Waals surface area contributed by atoms with Gasteiger partial charge in [0.1, 0.15) is 0 Å². The topological polar surface area (TPSA) is 0 Å². The normalized spacial score (nSPS) is 16.5. The molecule has 1 aromatic carbocycles. The first-order chi connectivity index (χ1) is 9.68. The zero-order chi connectivity index (χ0) is 17.6. The summed E-state index contributed by atoms with van der Waals surface area (Å²) in [7, 11) is 0. The van der Waals surface area contributed by atoms with Crippen molar-refractivity contribution < 1.29 is 39.5 Å². The molecule has 1 rings (SSSR count). The maximum Gasteiger partial charge on any atom is 0.457 e. The fourth-order valence-electron chi connectivity index (χ4n) is 1.60. The molecular weight excluding hydrogens is 371 g/mol. The highest BCUT2D eigenvalue weighted by atomic mass is 35.5. The van der Waals surface area contributed by atoms with Crippen LogP contribution in [0.3, 0.4) is 0 Å². The molecule has 0 N–H and O–H groups in total. The molecule has 0 aliphatic rings. The Morgan fingerprint density at radius 3 is 1.68 bits per heavy atom. The Hall–Kier alpha value is -0.770. The molecule has 22 heavy (non-hydrogen) atoms. The minimum Gasteiger partial charge on any atom is -0.221 e. The molecule has 0 saturated heterocycles. The number of halogens is 10. The largest absolute Gasteiger partial charge is 0.457 e. The fourth-order valence-corrected chi connectivity index (χ4v) is 2.39. The lowest BCUT2D eigenvalue weighted by Crippen LogP contribution is -2.59. The van der Waals surface area contributed by atoms with Crippen LogP contribution in [-0.4, -0.2) is 24.5 Å². The minimum atomic E-state index is -6.75. The number of hydrogen-bond acceptors (Lipinski definition) is 1. The van der Waals surface area contributed by atoms with Gasteiger partial charge >= 0.3 is 23.9 Å². The van der Waals surface area contributed by atoms with E-state index in [1.165, 1.54) is 6.26 Å². The molecule has 0 saturated carbocycles. The van der Waals surface area contributed by atoms with Crippen molar-refractivity contribution in [3.05, 3.63) is 28.8 Å². The highest BCUT2D eigenvalue weighted by Gasteiger charge is 2.81. The van der Waals surface area contributed by atoms with Crippen molar-refractivity contribution in [3.8, 4) is 0 Å². The molecule has 0 fully saturated rings. The van der Waals surface area contributed by atoms with Gasteiger partial charge < -0.3 is 0 Å². The van der Waals surface area contributed by atoms with Crippen LogP contribution in [0.5, 0.6) is 0 Å². The molecule has 126 valence electrons. The summed E-state index contributed by atoms with van der Waals surface area (Å²) in [5.74, 6) is -6.70. The molecular formula is C11H6ClF9S. The molecule has 11 heteroatoms. The number of benzene rings is 1. The maximum absolute atomic E-state index is 14.1. The summed E-state index contributed by atoms with van der Waals surface area (Å²) >= 11 is 6.07. The van der Waals surface area contributed by atoms with Crippen molar-refractivity contribution in [2.45, 2.75) is 28.8 Å². The van der Waals surface area contributed by atoms with E-state index in [1.54, 1.807) is 0 Å². The fraction of sp³-hybridized carbons (Fsp3) is 0.455. The maximum atomic E-state index is 14.1. The monoisotopic (exact) mass is 376 g/mol. The molecule has 0 radical (unpaired) electrons. The summed E-state index contributed by atoms with van der Waals surface area (Å²) in [6.45, 7) is 0. The van der Waals surface area contributed by atoms with E-state index in [4.69, 9.17) is 11.6 Å². The minimum absolute atomic E-state index is 0.0917. The molecule has 0 amide bonds. The van der Waals surface area contributed by atoms with Gasteiger partial charge in [0, 0.05) is 15.5 Å². The summed E-state index contributed by atoms with van der Waals surface area (Å²) in [5, 5.41) is -0.605. The van der Waals surface area contributed by atoms with Gasteiger partial charge in [-0.2, -0.15) is 35.1 Å². The van der Waals surface area contributed by atoms with Crippen molar-refractivity contribution in [2.75, 3.05) is 6.26 Å². The third-order valence-corrected chi connectivity index (χ3v) is 3.61. The van der Waals surface area contributed by atoms with Gasteiger partial charge in [-0.3, -0.25) is 0 Å². The number of thioether (sulfide) groups is 1. The molecule has 1 aromatic rings. The summed E-state index contributed by atoms with van der Waals surface area (Å²) in [4.78, 5) is -0.202. The first-order valence-electron chi connectivity index (χ1n) is 5.23. The molecule has 0 aliphatic heterocycles. The van der Waals surface area contributed by atoms with Gasteiger partial charge in [0.05, 0.1) is 0 Å². The van der Waals surface area contributed by atoms with Crippen LogP contribution in [0, 0.1) is 0 Å². The average molecular weight is 377 g/mol. The smallest absolute Gasteiger partial charge is 0.221 e. The van der Waals surface area contributed by atoms with Crippen LogP contribution in [-0.2, 0) is 5.67 Å². The lowest BCUT2D eigenvalue weighted by molar-refractivity contribution is -0.389. The second kappa shape index (κ2) is 5.70. The first kappa shape index (κ1) is 19.3. The highest BCUT2D eigenvalue weighted by molar-refractivity contribution is 7.98. The van der Waals surface area contributed by atoms with Crippen LogP contribution in [0.25, 0.3) is 0 Å². The zero-order valence-corrected chi connectivity index (χ0v) is 12.0. The standard InChI is InChI=1S/C11H6ClF9S/c1-22-7-3-5(2-6(12)4-7)8(13,10(16,17)18)9(14,15)11(19,20)21/h2-4H,1H3. The third-order valence-electron chi connectivity index (χ3n) is 2.68. The number of hydrogen-bond donors (Lipinski definition) is 0. The van der Waals surface area contributed by atoms with Gasteiger partial charge in [-0.25, -0.2) is 4.39 Å². The van der Waals surface area contributed by atoms with Crippen molar-refractivity contribution in [2.24, 2.45) is 0 Å². The summed E-state index contributed by atoms with van der Waals surface area (Å²) in [6.07, 6.45) is -12.0. The Bertz CT molecular complexity index is 551. The molecule has 0 spiro atoms. The second-order valence-corrected chi connectivity index (χ2v) is 5.42. The van der Waals surface area contributed by atoms with Gasteiger partial charge in [0.25, 0.3) is 0 Å². The molecule has 0 heterocycles. The van der Waals surface area contributed by atoms with Crippen LogP contribution in [0.4, 0.5) is 39.5 Å². The predicted molar refractivity (Wildman–Crippen MR) is 63.1 cm³/mol. The van der Waals surface area contributed by atoms with Gasteiger partial charge in [0.2, 0.25) is 0 Å². The lowest BCUT2D eigenvalue weighted by atomic mass is 9.87. The predicted octanol–water partition coefficient (Wildman–Crippen LogP) is 5.99.